The number of hydrogen-bond acceptors (Lipinski definition) is 3. The second-order valence-corrected chi connectivity index (χ2v) is 3.72. The van der Waals surface area contributed by atoms with Crippen molar-refractivity contribution >= 4 is 29.9 Å². The summed E-state index contributed by atoms with van der Waals surface area (Å²) in [6, 6.07) is 5.07. The summed E-state index contributed by atoms with van der Waals surface area (Å²) in [7, 11) is 0. The lowest BCUT2D eigenvalue weighted by atomic mass is 10.1. The van der Waals surface area contributed by atoms with E-state index in [9.17, 15) is 9.59 Å². The standard InChI is InChI=1S/C13H13ClO3/c1-2-17-13(16)5-3-4-10-6-7-11(9-15)12(14)8-10/h3-4,6-9H,2,5H2,1H3. The zero-order valence-electron chi connectivity index (χ0n) is 9.48. The van der Waals surface area contributed by atoms with E-state index >= 15 is 0 Å². The number of hydrogen-bond donors (Lipinski definition) is 0. The Morgan fingerprint density at radius 3 is 2.82 bits per heavy atom. The molecule has 4 heteroatoms. The van der Waals surface area contributed by atoms with Crippen molar-refractivity contribution in [1.82, 2.24) is 0 Å². The normalized spacial score (nSPS) is 10.5. The molecule has 0 amide bonds. The Kier molecular flexibility index (Phi) is 5.43. The van der Waals surface area contributed by atoms with Gasteiger partial charge in [-0.15, -0.1) is 0 Å². The molecule has 0 saturated heterocycles. The van der Waals surface area contributed by atoms with Crippen LogP contribution in [-0.2, 0) is 9.53 Å². The summed E-state index contributed by atoms with van der Waals surface area (Å²) in [6.45, 7) is 2.14. The maximum atomic E-state index is 11.1. The largest absolute Gasteiger partial charge is 0.466 e. The molecule has 0 spiro atoms. The zero-order valence-corrected chi connectivity index (χ0v) is 10.2. The molecular formula is C13H13ClO3. The Bertz CT molecular complexity index is 438. The molecular weight excluding hydrogens is 240 g/mol. The van der Waals surface area contributed by atoms with Crippen LogP contribution in [0.15, 0.2) is 24.3 Å². The Morgan fingerprint density at radius 2 is 2.24 bits per heavy atom. The van der Waals surface area contributed by atoms with Crippen molar-refractivity contribution in [2.24, 2.45) is 0 Å². The molecule has 1 aromatic rings. The summed E-state index contributed by atoms with van der Waals surface area (Å²) >= 11 is 5.86. The van der Waals surface area contributed by atoms with Gasteiger partial charge < -0.3 is 4.74 Å². The Labute approximate surface area is 105 Å². The zero-order chi connectivity index (χ0) is 12.7. The summed E-state index contributed by atoms with van der Waals surface area (Å²) in [4.78, 5) is 21.6. The Balaban J connectivity index is 2.63. The topological polar surface area (TPSA) is 43.4 Å². The van der Waals surface area contributed by atoms with Crippen LogP contribution in [0.2, 0.25) is 5.02 Å². The van der Waals surface area contributed by atoms with E-state index in [1.54, 1.807) is 37.3 Å². The van der Waals surface area contributed by atoms with Gasteiger partial charge >= 0.3 is 5.97 Å². The van der Waals surface area contributed by atoms with Crippen LogP contribution in [0, 0.1) is 0 Å². The van der Waals surface area contributed by atoms with Gasteiger partial charge in [-0.3, -0.25) is 9.59 Å². The lowest BCUT2D eigenvalue weighted by Gasteiger charge is -1.99. The number of aldehydes is 1. The van der Waals surface area contributed by atoms with E-state index < -0.39 is 0 Å². The van der Waals surface area contributed by atoms with Crippen LogP contribution in [0.25, 0.3) is 6.08 Å². The van der Waals surface area contributed by atoms with Crippen molar-refractivity contribution in [3.63, 3.8) is 0 Å². The molecule has 1 rings (SSSR count). The fourth-order valence-electron chi connectivity index (χ4n) is 1.25. The van der Waals surface area contributed by atoms with Gasteiger partial charge in [-0.05, 0) is 24.6 Å². The van der Waals surface area contributed by atoms with Crippen molar-refractivity contribution in [2.45, 2.75) is 13.3 Å². The average molecular weight is 253 g/mol. The first-order valence-electron chi connectivity index (χ1n) is 5.24. The number of esters is 1. The first kappa shape index (κ1) is 13.5. The molecule has 0 saturated carbocycles. The summed E-state index contributed by atoms with van der Waals surface area (Å²) in [5.41, 5.74) is 1.29. The molecule has 0 N–H and O–H groups in total. The first-order chi connectivity index (χ1) is 8.17. The minimum absolute atomic E-state index is 0.223. The van der Waals surface area contributed by atoms with Crippen LogP contribution in [0.3, 0.4) is 0 Å². The van der Waals surface area contributed by atoms with E-state index in [0.29, 0.717) is 23.5 Å². The SMILES string of the molecule is CCOC(=O)CC=Cc1ccc(C=O)c(Cl)c1. The van der Waals surface area contributed by atoms with Gasteiger partial charge in [0.1, 0.15) is 0 Å². The number of halogens is 1. The second-order valence-electron chi connectivity index (χ2n) is 3.31. The van der Waals surface area contributed by atoms with Gasteiger partial charge in [0, 0.05) is 5.56 Å². The third-order valence-corrected chi connectivity index (χ3v) is 2.38. The molecule has 0 heterocycles. The molecule has 0 bridgehead atoms. The molecule has 3 nitrogen and oxygen atoms in total. The van der Waals surface area contributed by atoms with Gasteiger partial charge in [0.15, 0.2) is 6.29 Å². The summed E-state index contributed by atoms with van der Waals surface area (Å²) < 4.78 is 4.78. The van der Waals surface area contributed by atoms with Crippen LogP contribution in [-0.4, -0.2) is 18.9 Å². The van der Waals surface area contributed by atoms with Crippen LogP contribution < -0.4 is 0 Å². The lowest BCUT2D eigenvalue weighted by Crippen LogP contribution is -2.01. The molecule has 0 fully saturated rings. The molecule has 0 aliphatic carbocycles. The molecule has 90 valence electrons. The maximum absolute atomic E-state index is 11.1. The number of carbonyl (C=O) groups excluding carboxylic acids is 2. The maximum Gasteiger partial charge on any atom is 0.309 e. The number of rotatable bonds is 5. The van der Waals surface area contributed by atoms with Gasteiger partial charge in [0.2, 0.25) is 0 Å². The van der Waals surface area contributed by atoms with Gasteiger partial charge in [-0.2, -0.15) is 0 Å². The average Bonchev–Trinajstić information content (AvgIpc) is 2.29. The van der Waals surface area contributed by atoms with Crippen molar-refractivity contribution in [3.05, 3.63) is 40.4 Å². The number of carbonyl (C=O) groups is 2. The minimum Gasteiger partial charge on any atom is -0.466 e. The first-order valence-corrected chi connectivity index (χ1v) is 5.62. The summed E-state index contributed by atoms with van der Waals surface area (Å²) in [5.74, 6) is -0.264. The Hall–Kier alpha value is -1.61. The third-order valence-electron chi connectivity index (χ3n) is 2.05. The highest BCUT2D eigenvalue weighted by atomic mass is 35.5. The fraction of sp³-hybridized carbons (Fsp3) is 0.231. The minimum atomic E-state index is -0.264. The quantitative estimate of drug-likeness (QED) is 0.597. The Morgan fingerprint density at radius 1 is 1.47 bits per heavy atom. The van der Waals surface area contributed by atoms with Crippen molar-refractivity contribution in [2.75, 3.05) is 6.61 Å². The molecule has 0 unspecified atom stereocenters. The number of ether oxygens (including phenoxy) is 1. The summed E-state index contributed by atoms with van der Waals surface area (Å²) in [6.07, 6.45) is 4.39. The van der Waals surface area contributed by atoms with Crippen molar-refractivity contribution < 1.29 is 14.3 Å². The highest BCUT2D eigenvalue weighted by Gasteiger charge is 1.99. The van der Waals surface area contributed by atoms with Crippen LogP contribution in [0.4, 0.5) is 0 Å². The smallest absolute Gasteiger partial charge is 0.309 e. The molecule has 0 radical (unpaired) electrons. The van der Waals surface area contributed by atoms with Crippen LogP contribution in [0.5, 0.6) is 0 Å². The van der Waals surface area contributed by atoms with E-state index in [1.165, 1.54) is 0 Å². The van der Waals surface area contributed by atoms with E-state index in [2.05, 4.69) is 0 Å². The van der Waals surface area contributed by atoms with Gasteiger partial charge in [-0.1, -0.05) is 29.8 Å². The van der Waals surface area contributed by atoms with Gasteiger partial charge in [0.25, 0.3) is 0 Å². The van der Waals surface area contributed by atoms with Crippen molar-refractivity contribution in [3.8, 4) is 0 Å². The highest BCUT2D eigenvalue weighted by molar-refractivity contribution is 6.33. The van der Waals surface area contributed by atoms with Crippen molar-refractivity contribution in [1.29, 1.82) is 0 Å². The molecule has 0 aromatic heterocycles. The van der Waals surface area contributed by atoms with E-state index in [0.717, 1.165) is 5.56 Å². The molecule has 0 aliphatic heterocycles. The predicted molar refractivity (Wildman–Crippen MR) is 67.1 cm³/mol. The summed E-state index contributed by atoms with van der Waals surface area (Å²) in [5, 5.41) is 0.401. The fourth-order valence-corrected chi connectivity index (χ4v) is 1.49. The van der Waals surface area contributed by atoms with E-state index in [1.807, 2.05) is 0 Å². The lowest BCUT2D eigenvalue weighted by molar-refractivity contribution is -0.142. The molecule has 0 aliphatic rings. The highest BCUT2D eigenvalue weighted by Crippen LogP contribution is 2.17. The molecule has 17 heavy (non-hydrogen) atoms. The van der Waals surface area contributed by atoms with Gasteiger partial charge in [-0.25, -0.2) is 0 Å². The number of benzene rings is 1. The third kappa shape index (κ3) is 4.41. The predicted octanol–water partition coefficient (Wildman–Crippen LogP) is 3.12. The van der Waals surface area contributed by atoms with Crippen LogP contribution >= 0.6 is 11.6 Å². The molecule has 0 atom stereocenters. The second kappa shape index (κ2) is 6.86. The monoisotopic (exact) mass is 252 g/mol. The van der Waals surface area contributed by atoms with Gasteiger partial charge in [0.05, 0.1) is 18.1 Å². The van der Waals surface area contributed by atoms with Crippen LogP contribution in [0.1, 0.15) is 29.3 Å². The molecule has 1 aromatic carbocycles. The van der Waals surface area contributed by atoms with E-state index in [4.69, 9.17) is 16.3 Å². The van der Waals surface area contributed by atoms with E-state index in [-0.39, 0.29) is 12.4 Å².